The third-order valence-corrected chi connectivity index (χ3v) is 5.96. The summed E-state index contributed by atoms with van der Waals surface area (Å²) < 4.78 is 4.83. The molecule has 1 aromatic carbocycles. The van der Waals surface area contributed by atoms with Crippen LogP contribution in [0.1, 0.15) is 38.7 Å². The van der Waals surface area contributed by atoms with Crippen molar-refractivity contribution in [3.05, 3.63) is 35.9 Å². The highest BCUT2D eigenvalue weighted by atomic mass is 16.5. The van der Waals surface area contributed by atoms with E-state index in [9.17, 15) is 19.2 Å². The van der Waals surface area contributed by atoms with Crippen LogP contribution in [0.3, 0.4) is 0 Å². The van der Waals surface area contributed by atoms with E-state index in [4.69, 9.17) is 4.74 Å². The molecule has 1 aromatic rings. The van der Waals surface area contributed by atoms with Gasteiger partial charge >= 0.3 is 12.0 Å². The Bertz CT molecular complexity index is 802. The third-order valence-electron chi connectivity index (χ3n) is 5.96. The maximum absolute atomic E-state index is 13.5. The molecule has 0 radical (unpaired) electrons. The lowest BCUT2D eigenvalue weighted by molar-refractivity contribution is -0.151. The number of urea groups is 1. The molecule has 0 aliphatic carbocycles. The number of imide groups is 1. The van der Waals surface area contributed by atoms with E-state index in [0.717, 1.165) is 10.5 Å². The summed E-state index contributed by atoms with van der Waals surface area (Å²) in [6.45, 7) is 4.29. The molecule has 2 aliphatic heterocycles. The summed E-state index contributed by atoms with van der Waals surface area (Å²) in [5.41, 5.74) is -0.157. The Balaban J connectivity index is 1.98. The van der Waals surface area contributed by atoms with Gasteiger partial charge in [0, 0.05) is 26.6 Å². The van der Waals surface area contributed by atoms with Gasteiger partial charge in [-0.1, -0.05) is 37.3 Å². The summed E-state index contributed by atoms with van der Waals surface area (Å²) in [6.07, 6.45) is 0.967. The fourth-order valence-electron chi connectivity index (χ4n) is 4.27. The van der Waals surface area contributed by atoms with Gasteiger partial charge in [-0.2, -0.15) is 0 Å². The molecule has 2 saturated heterocycles. The lowest BCUT2D eigenvalue weighted by Crippen LogP contribution is -2.57. The van der Waals surface area contributed by atoms with Gasteiger partial charge in [0.05, 0.1) is 7.11 Å². The van der Waals surface area contributed by atoms with Crippen LogP contribution in [0.5, 0.6) is 0 Å². The van der Waals surface area contributed by atoms with E-state index in [1.807, 2.05) is 30.3 Å². The van der Waals surface area contributed by atoms with Gasteiger partial charge in [0.1, 0.15) is 11.6 Å². The minimum absolute atomic E-state index is 0.0518. The number of carbonyl (C=O) groups is 4. The zero-order valence-electron chi connectivity index (χ0n) is 17.1. The smallest absolute Gasteiger partial charge is 0.329 e. The molecule has 8 nitrogen and oxygen atoms in total. The first-order chi connectivity index (χ1) is 13.9. The van der Waals surface area contributed by atoms with Crippen LogP contribution < -0.4 is 0 Å². The van der Waals surface area contributed by atoms with Crippen molar-refractivity contribution in [1.29, 1.82) is 0 Å². The number of hydrogen-bond acceptors (Lipinski definition) is 5. The minimum atomic E-state index is -1.06. The molecular weight excluding hydrogens is 374 g/mol. The topological polar surface area (TPSA) is 87.2 Å². The van der Waals surface area contributed by atoms with Crippen LogP contribution in [0.15, 0.2) is 30.3 Å². The molecule has 29 heavy (non-hydrogen) atoms. The third kappa shape index (κ3) is 3.59. The number of nitrogens with zero attached hydrogens (tertiary/aromatic N) is 3. The quantitative estimate of drug-likeness (QED) is 0.554. The second kappa shape index (κ2) is 8.23. The van der Waals surface area contributed by atoms with Crippen LogP contribution in [0, 0.1) is 0 Å². The van der Waals surface area contributed by atoms with Crippen molar-refractivity contribution in [1.82, 2.24) is 14.7 Å². The molecule has 3 rings (SSSR count). The van der Waals surface area contributed by atoms with E-state index >= 15 is 0 Å². The second-order valence-electron chi connectivity index (χ2n) is 7.51. The first-order valence-electron chi connectivity index (χ1n) is 9.88. The standard InChI is InChI=1S/C21H27N3O5/c1-4-17(18(26)29-3)24-19(27)21(10-12-22(13-11-21)15(2)25)23(20(24)28)14-16-8-6-5-7-9-16/h5-9,17H,4,10-14H2,1-3H3. The molecule has 0 saturated carbocycles. The number of carbonyl (C=O) groups excluding carboxylic acids is 4. The lowest BCUT2D eigenvalue weighted by atomic mass is 9.85. The molecule has 8 heteroatoms. The monoisotopic (exact) mass is 401 g/mol. The number of methoxy groups -OCH3 is 1. The molecular formula is C21H27N3O5. The lowest BCUT2D eigenvalue weighted by Gasteiger charge is -2.42. The van der Waals surface area contributed by atoms with Crippen molar-refractivity contribution in [2.24, 2.45) is 0 Å². The Morgan fingerprint density at radius 2 is 1.76 bits per heavy atom. The fraction of sp³-hybridized carbons (Fsp3) is 0.524. The van der Waals surface area contributed by atoms with Gasteiger partial charge in [-0.05, 0) is 24.8 Å². The van der Waals surface area contributed by atoms with Crippen LogP contribution in [0.4, 0.5) is 4.79 Å². The average molecular weight is 401 g/mol. The van der Waals surface area contributed by atoms with Gasteiger partial charge in [-0.15, -0.1) is 0 Å². The Labute approximate surface area is 170 Å². The SMILES string of the molecule is CCC(C(=O)OC)N1C(=O)N(Cc2ccccc2)C2(CCN(C(C)=O)CC2)C1=O. The molecule has 0 aromatic heterocycles. The number of benzene rings is 1. The largest absolute Gasteiger partial charge is 0.467 e. The molecule has 2 fully saturated rings. The van der Waals surface area contributed by atoms with E-state index < -0.39 is 23.6 Å². The molecule has 156 valence electrons. The first kappa shape index (κ1) is 20.8. The summed E-state index contributed by atoms with van der Waals surface area (Å²) in [6, 6.07) is 8.01. The molecule has 1 unspecified atom stereocenters. The first-order valence-corrected chi connectivity index (χ1v) is 9.88. The molecule has 2 aliphatic rings. The van der Waals surface area contributed by atoms with E-state index in [1.54, 1.807) is 16.7 Å². The van der Waals surface area contributed by atoms with E-state index in [2.05, 4.69) is 0 Å². The van der Waals surface area contributed by atoms with E-state index in [1.165, 1.54) is 14.0 Å². The van der Waals surface area contributed by atoms with Gasteiger partial charge < -0.3 is 14.5 Å². The number of piperidine rings is 1. The Morgan fingerprint density at radius 1 is 1.14 bits per heavy atom. The molecule has 1 atom stereocenters. The summed E-state index contributed by atoms with van der Waals surface area (Å²) in [5, 5.41) is 0. The number of amides is 4. The molecule has 2 heterocycles. The van der Waals surface area contributed by atoms with Crippen molar-refractivity contribution in [3.8, 4) is 0 Å². The van der Waals surface area contributed by atoms with Gasteiger partial charge in [0.15, 0.2) is 0 Å². The van der Waals surface area contributed by atoms with Crippen LogP contribution in [0.25, 0.3) is 0 Å². The van der Waals surface area contributed by atoms with Gasteiger partial charge in [-0.3, -0.25) is 9.59 Å². The van der Waals surface area contributed by atoms with Crippen LogP contribution in [-0.2, 0) is 25.7 Å². The fourth-order valence-corrected chi connectivity index (χ4v) is 4.27. The summed E-state index contributed by atoms with van der Waals surface area (Å²) >= 11 is 0. The number of likely N-dealkylation sites (tertiary alicyclic amines) is 1. The maximum atomic E-state index is 13.5. The number of rotatable bonds is 5. The summed E-state index contributed by atoms with van der Waals surface area (Å²) in [4.78, 5) is 55.3. The maximum Gasteiger partial charge on any atom is 0.329 e. The number of hydrogen-bond donors (Lipinski definition) is 0. The average Bonchev–Trinajstić information content (AvgIpc) is 2.92. The summed E-state index contributed by atoms with van der Waals surface area (Å²) in [7, 11) is 1.25. The van der Waals surface area contributed by atoms with Crippen molar-refractivity contribution in [3.63, 3.8) is 0 Å². The van der Waals surface area contributed by atoms with Crippen LogP contribution >= 0.6 is 0 Å². The molecule has 0 bridgehead atoms. The second-order valence-corrected chi connectivity index (χ2v) is 7.51. The summed E-state index contributed by atoms with van der Waals surface area (Å²) in [5.74, 6) is -1.03. The highest BCUT2D eigenvalue weighted by Crippen LogP contribution is 2.39. The zero-order chi connectivity index (χ0) is 21.2. The van der Waals surface area contributed by atoms with Gasteiger partial charge in [0.25, 0.3) is 5.91 Å². The van der Waals surface area contributed by atoms with Crippen molar-refractivity contribution < 1.29 is 23.9 Å². The van der Waals surface area contributed by atoms with Gasteiger partial charge in [-0.25, -0.2) is 14.5 Å². The van der Waals surface area contributed by atoms with Crippen molar-refractivity contribution in [2.75, 3.05) is 20.2 Å². The predicted octanol–water partition coefficient (Wildman–Crippen LogP) is 1.78. The normalized spacial score (nSPS) is 19.6. The van der Waals surface area contributed by atoms with Crippen LogP contribution in [0.2, 0.25) is 0 Å². The Morgan fingerprint density at radius 3 is 2.28 bits per heavy atom. The molecule has 4 amide bonds. The minimum Gasteiger partial charge on any atom is -0.467 e. The predicted molar refractivity (Wildman–Crippen MR) is 105 cm³/mol. The van der Waals surface area contributed by atoms with Gasteiger partial charge in [0.2, 0.25) is 5.91 Å². The Hall–Kier alpha value is -2.90. The van der Waals surface area contributed by atoms with E-state index in [0.29, 0.717) is 25.9 Å². The van der Waals surface area contributed by atoms with Crippen LogP contribution in [-0.4, -0.2) is 70.3 Å². The molecule has 1 spiro atoms. The van der Waals surface area contributed by atoms with Crippen molar-refractivity contribution in [2.45, 2.75) is 51.2 Å². The number of ether oxygens (including phenoxy) is 1. The highest BCUT2D eigenvalue weighted by Gasteiger charge is 2.60. The Kier molecular flexibility index (Phi) is 5.91. The number of esters is 1. The molecule has 0 N–H and O–H groups in total. The highest BCUT2D eigenvalue weighted by molar-refractivity contribution is 6.09. The van der Waals surface area contributed by atoms with E-state index in [-0.39, 0.29) is 24.8 Å². The zero-order valence-corrected chi connectivity index (χ0v) is 17.1. The van der Waals surface area contributed by atoms with Crippen molar-refractivity contribution >= 4 is 23.8 Å².